The molecule has 1 amide bonds. The second kappa shape index (κ2) is 7.00. The summed E-state index contributed by atoms with van der Waals surface area (Å²) >= 11 is 0. The Labute approximate surface area is 138 Å². The number of rotatable bonds is 4. The minimum atomic E-state index is -3.20. The molecule has 0 aromatic carbocycles. The first-order valence-electron chi connectivity index (χ1n) is 7.96. The third-order valence-corrected chi connectivity index (χ3v) is 5.28. The predicted molar refractivity (Wildman–Crippen MR) is 88.7 cm³/mol. The van der Waals surface area contributed by atoms with Gasteiger partial charge in [-0.05, 0) is 24.8 Å². The van der Waals surface area contributed by atoms with Crippen molar-refractivity contribution in [2.75, 3.05) is 32.4 Å². The summed E-state index contributed by atoms with van der Waals surface area (Å²) in [6.45, 7) is 6.02. The molecule has 1 aliphatic heterocycles. The summed E-state index contributed by atoms with van der Waals surface area (Å²) in [5.41, 5.74) is 1.48. The van der Waals surface area contributed by atoms with Gasteiger partial charge < -0.3 is 4.90 Å². The predicted octanol–water partition coefficient (Wildman–Crippen LogP) is 0.726. The van der Waals surface area contributed by atoms with Crippen molar-refractivity contribution < 1.29 is 13.2 Å². The van der Waals surface area contributed by atoms with Crippen LogP contribution in [0.25, 0.3) is 0 Å². The van der Waals surface area contributed by atoms with Crippen molar-refractivity contribution in [1.82, 2.24) is 19.0 Å². The van der Waals surface area contributed by atoms with Gasteiger partial charge in [-0.15, -0.1) is 0 Å². The topological polar surface area (TPSA) is 75.5 Å². The maximum Gasteiger partial charge on any atom is 0.272 e. The molecule has 0 aliphatic carbocycles. The smallest absolute Gasteiger partial charge is 0.272 e. The van der Waals surface area contributed by atoms with E-state index in [0.717, 1.165) is 12.1 Å². The summed E-state index contributed by atoms with van der Waals surface area (Å²) in [5, 5.41) is 4.41. The second-order valence-electron chi connectivity index (χ2n) is 6.55. The molecule has 0 saturated carbocycles. The van der Waals surface area contributed by atoms with Crippen LogP contribution in [0.3, 0.4) is 0 Å². The third kappa shape index (κ3) is 4.54. The van der Waals surface area contributed by atoms with Crippen molar-refractivity contribution >= 4 is 15.9 Å². The Morgan fingerprint density at radius 3 is 2.57 bits per heavy atom. The number of nitrogens with zero attached hydrogens (tertiary/aromatic N) is 4. The molecule has 0 atom stereocenters. The highest BCUT2D eigenvalue weighted by Gasteiger charge is 2.26. The monoisotopic (exact) mass is 342 g/mol. The lowest BCUT2D eigenvalue weighted by atomic mass is 10.1. The van der Waals surface area contributed by atoms with Gasteiger partial charge >= 0.3 is 0 Å². The first-order valence-corrected chi connectivity index (χ1v) is 9.80. The number of carbonyl (C=O) groups is 1. The molecule has 0 bridgehead atoms. The lowest BCUT2D eigenvalue weighted by Crippen LogP contribution is -2.37. The van der Waals surface area contributed by atoms with Crippen LogP contribution in [0, 0.1) is 5.92 Å². The lowest BCUT2D eigenvalue weighted by Gasteiger charge is -2.20. The highest BCUT2D eigenvalue weighted by molar-refractivity contribution is 7.88. The highest BCUT2D eigenvalue weighted by Crippen LogP contribution is 2.14. The van der Waals surface area contributed by atoms with Gasteiger partial charge in [0, 0.05) is 33.2 Å². The zero-order valence-corrected chi connectivity index (χ0v) is 15.1. The van der Waals surface area contributed by atoms with Gasteiger partial charge in [0.1, 0.15) is 5.69 Å². The Bertz CT molecular complexity index is 666. The maximum absolute atomic E-state index is 12.7. The minimum Gasteiger partial charge on any atom is -0.336 e. The molecule has 1 fully saturated rings. The van der Waals surface area contributed by atoms with Gasteiger partial charge in [0.2, 0.25) is 10.0 Å². The van der Waals surface area contributed by atoms with E-state index in [1.54, 1.807) is 16.6 Å². The van der Waals surface area contributed by atoms with Crippen molar-refractivity contribution in [3.8, 4) is 0 Å². The Hall–Kier alpha value is -1.41. The number of hydrogen-bond donors (Lipinski definition) is 0. The molecule has 0 unspecified atom stereocenters. The maximum atomic E-state index is 12.7. The first kappa shape index (κ1) is 17.9. The molecule has 0 radical (unpaired) electrons. The Kier molecular flexibility index (Phi) is 5.46. The quantitative estimate of drug-likeness (QED) is 0.808. The van der Waals surface area contributed by atoms with Crippen molar-refractivity contribution in [2.24, 2.45) is 13.0 Å². The molecule has 130 valence electrons. The number of sulfonamides is 1. The van der Waals surface area contributed by atoms with Gasteiger partial charge in [-0.3, -0.25) is 9.48 Å². The van der Waals surface area contributed by atoms with E-state index in [1.807, 2.05) is 6.07 Å². The van der Waals surface area contributed by atoms with E-state index in [1.165, 1.54) is 10.6 Å². The summed E-state index contributed by atoms with van der Waals surface area (Å²) in [4.78, 5) is 14.4. The molecule has 8 heteroatoms. The van der Waals surface area contributed by atoms with Crippen molar-refractivity contribution in [3.05, 3.63) is 17.5 Å². The lowest BCUT2D eigenvalue weighted by molar-refractivity contribution is 0.0753. The van der Waals surface area contributed by atoms with Crippen LogP contribution < -0.4 is 0 Å². The van der Waals surface area contributed by atoms with Crippen LogP contribution in [0.5, 0.6) is 0 Å². The van der Waals surface area contributed by atoms with Gasteiger partial charge in [-0.2, -0.15) is 5.10 Å². The summed E-state index contributed by atoms with van der Waals surface area (Å²) in [6, 6.07) is 1.85. The average molecular weight is 342 g/mol. The van der Waals surface area contributed by atoms with Gasteiger partial charge in [-0.1, -0.05) is 13.8 Å². The van der Waals surface area contributed by atoms with Crippen molar-refractivity contribution in [2.45, 2.75) is 26.7 Å². The van der Waals surface area contributed by atoms with Crippen LogP contribution in [0.1, 0.15) is 36.5 Å². The minimum absolute atomic E-state index is 0.0784. The molecule has 0 N–H and O–H groups in total. The van der Waals surface area contributed by atoms with Gasteiger partial charge in [0.25, 0.3) is 5.91 Å². The van der Waals surface area contributed by atoms with E-state index in [4.69, 9.17) is 0 Å². The van der Waals surface area contributed by atoms with Crippen LogP contribution in [-0.2, 0) is 23.5 Å². The zero-order valence-electron chi connectivity index (χ0n) is 14.3. The molecule has 1 aromatic rings. The Morgan fingerprint density at radius 1 is 1.26 bits per heavy atom. The molecule has 0 spiro atoms. The number of aryl methyl sites for hydroxylation is 1. The van der Waals surface area contributed by atoms with Gasteiger partial charge in [-0.25, -0.2) is 12.7 Å². The molecule has 1 saturated heterocycles. The molecule has 2 heterocycles. The summed E-state index contributed by atoms with van der Waals surface area (Å²) in [7, 11) is -1.43. The van der Waals surface area contributed by atoms with Crippen LogP contribution in [0.4, 0.5) is 0 Å². The van der Waals surface area contributed by atoms with Gasteiger partial charge in [0.05, 0.1) is 11.9 Å². The normalized spacial score (nSPS) is 17.5. The first-order chi connectivity index (χ1) is 10.7. The third-order valence-electron chi connectivity index (χ3n) is 3.98. The van der Waals surface area contributed by atoms with Crippen molar-refractivity contribution in [3.63, 3.8) is 0 Å². The summed E-state index contributed by atoms with van der Waals surface area (Å²) < 4.78 is 26.4. The molecular weight excluding hydrogens is 316 g/mol. The molecule has 1 aliphatic rings. The number of hydrogen-bond acceptors (Lipinski definition) is 4. The number of carbonyl (C=O) groups excluding carboxylic acids is 1. The summed E-state index contributed by atoms with van der Waals surface area (Å²) in [5.74, 6) is 0.403. The van der Waals surface area contributed by atoms with Crippen LogP contribution >= 0.6 is 0 Å². The SMILES string of the molecule is CC(C)Cc1cc(C(=O)N2CCCN(S(C)(=O)=O)CC2)n(C)n1. The van der Waals surface area contributed by atoms with E-state index >= 15 is 0 Å². The van der Waals surface area contributed by atoms with Crippen LogP contribution in [-0.4, -0.2) is 65.7 Å². The fraction of sp³-hybridized carbons (Fsp3) is 0.733. The molecule has 23 heavy (non-hydrogen) atoms. The molecule has 7 nitrogen and oxygen atoms in total. The van der Waals surface area contributed by atoms with Crippen LogP contribution in [0.15, 0.2) is 6.07 Å². The van der Waals surface area contributed by atoms with Gasteiger partial charge in [0.15, 0.2) is 0 Å². The van der Waals surface area contributed by atoms with E-state index in [2.05, 4.69) is 18.9 Å². The number of amides is 1. The largest absolute Gasteiger partial charge is 0.336 e. The highest BCUT2D eigenvalue weighted by atomic mass is 32.2. The van der Waals surface area contributed by atoms with E-state index in [-0.39, 0.29) is 5.91 Å². The van der Waals surface area contributed by atoms with E-state index in [0.29, 0.717) is 44.2 Å². The number of aromatic nitrogens is 2. The molecule has 1 aromatic heterocycles. The van der Waals surface area contributed by atoms with E-state index in [9.17, 15) is 13.2 Å². The van der Waals surface area contributed by atoms with Crippen LogP contribution in [0.2, 0.25) is 0 Å². The molecular formula is C15H26N4O3S. The zero-order chi connectivity index (χ0) is 17.2. The fourth-order valence-corrected chi connectivity index (χ4v) is 3.71. The van der Waals surface area contributed by atoms with E-state index < -0.39 is 10.0 Å². The second-order valence-corrected chi connectivity index (χ2v) is 8.53. The standard InChI is InChI=1S/C15H26N4O3S/c1-12(2)10-13-11-14(17(3)16-13)15(20)18-6-5-7-19(9-8-18)23(4,21)22/h11-12H,5-10H2,1-4H3. The Balaban J connectivity index is 2.10. The fourth-order valence-electron chi connectivity index (χ4n) is 2.84. The Morgan fingerprint density at radius 2 is 1.96 bits per heavy atom. The molecule has 2 rings (SSSR count). The average Bonchev–Trinajstić information content (AvgIpc) is 2.64. The van der Waals surface area contributed by atoms with Crippen molar-refractivity contribution in [1.29, 1.82) is 0 Å². The summed E-state index contributed by atoms with van der Waals surface area (Å²) in [6.07, 6.45) is 2.70.